The van der Waals surface area contributed by atoms with E-state index in [1.807, 2.05) is 19.1 Å². The molecule has 0 aliphatic heterocycles. The molecule has 1 heterocycles. The number of amides is 1. The highest BCUT2D eigenvalue weighted by molar-refractivity contribution is 5.75. The van der Waals surface area contributed by atoms with E-state index in [9.17, 15) is 4.79 Å². The molecule has 1 aromatic heterocycles. The molecule has 118 valence electrons. The second-order valence-corrected chi connectivity index (χ2v) is 6.43. The fourth-order valence-corrected chi connectivity index (χ4v) is 2.05. The van der Waals surface area contributed by atoms with Crippen molar-refractivity contribution in [3.05, 3.63) is 35.7 Å². The molecule has 1 atom stereocenters. The SMILES string of the molecule is CCC(=O)NC(C)c1nc(-c2ccc(C(C)(C)C)cc2)no1. The van der Waals surface area contributed by atoms with Gasteiger partial charge in [-0.05, 0) is 17.9 Å². The van der Waals surface area contributed by atoms with Gasteiger partial charge in [0.2, 0.25) is 17.6 Å². The Hall–Kier alpha value is -2.17. The zero-order valence-corrected chi connectivity index (χ0v) is 13.8. The van der Waals surface area contributed by atoms with Crippen LogP contribution in [-0.4, -0.2) is 16.0 Å². The van der Waals surface area contributed by atoms with Gasteiger partial charge < -0.3 is 9.84 Å². The quantitative estimate of drug-likeness (QED) is 0.936. The Morgan fingerprint density at radius 1 is 1.27 bits per heavy atom. The van der Waals surface area contributed by atoms with Crippen LogP contribution in [-0.2, 0) is 10.2 Å². The summed E-state index contributed by atoms with van der Waals surface area (Å²) >= 11 is 0. The van der Waals surface area contributed by atoms with Crippen LogP contribution in [0.3, 0.4) is 0 Å². The molecule has 0 saturated heterocycles. The standard InChI is InChI=1S/C17H23N3O2/c1-6-14(21)18-11(2)16-19-15(20-22-16)12-7-9-13(10-8-12)17(3,4)5/h7-11H,6H2,1-5H3,(H,18,21). The lowest BCUT2D eigenvalue weighted by Gasteiger charge is -2.18. The van der Waals surface area contributed by atoms with E-state index in [4.69, 9.17) is 4.52 Å². The van der Waals surface area contributed by atoms with Gasteiger partial charge in [-0.25, -0.2) is 0 Å². The predicted octanol–water partition coefficient (Wildman–Crippen LogP) is 3.62. The first kappa shape index (κ1) is 16.2. The van der Waals surface area contributed by atoms with Gasteiger partial charge in [0.25, 0.3) is 0 Å². The Kier molecular flexibility index (Phi) is 4.64. The maximum atomic E-state index is 11.4. The van der Waals surface area contributed by atoms with E-state index in [0.29, 0.717) is 18.1 Å². The largest absolute Gasteiger partial charge is 0.345 e. The Morgan fingerprint density at radius 3 is 2.45 bits per heavy atom. The van der Waals surface area contributed by atoms with Crippen LogP contribution in [0.2, 0.25) is 0 Å². The summed E-state index contributed by atoms with van der Waals surface area (Å²) in [5.74, 6) is 0.909. The number of benzene rings is 1. The summed E-state index contributed by atoms with van der Waals surface area (Å²) in [5, 5.41) is 6.80. The van der Waals surface area contributed by atoms with Crippen molar-refractivity contribution >= 4 is 5.91 Å². The first-order chi connectivity index (χ1) is 10.3. The molecule has 0 saturated carbocycles. The Balaban J connectivity index is 2.16. The summed E-state index contributed by atoms with van der Waals surface area (Å²) in [7, 11) is 0. The molecule has 1 amide bonds. The smallest absolute Gasteiger partial charge is 0.249 e. The average molecular weight is 301 g/mol. The zero-order valence-electron chi connectivity index (χ0n) is 13.8. The third-order valence-corrected chi connectivity index (χ3v) is 3.52. The van der Waals surface area contributed by atoms with Crippen LogP contribution in [0, 0.1) is 0 Å². The first-order valence-corrected chi connectivity index (χ1v) is 7.55. The highest BCUT2D eigenvalue weighted by Crippen LogP contribution is 2.25. The van der Waals surface area contributed by atoms with E-state index in [2.05, 4.69) is 48.4 Å². The van der Waals surface area contributed by atoms with Crippen LogP contribution in [0.15, 0.2) is 28.8 Å². The topological polar surface area (TPSA) is 68.0 Å². The summed E-state index contributed by atoms with van der Waals surface area (Å²) in [6.07, 6.45) is 0.430. The Bertz CT molecular complexity index is 639. The minimum absolute atomic E-state index is 0.0400. The minimum atomic E-state index is -0.289. The van der Waals surface area contributed by atoms with Gasteiger partial charge in [0.1, 0.15) is 6.04 Å². The van der Waals surface area contributed by atoms with Gasteiger partial charge in [0.15, 0.2) is 0 Å². The van der Waals surface area contributed by atoms with E-state index in [1.165, 1.54) is 5.56 Å². The lowest BCUT2D eigenvalue weighted by Crippen LogP contribution is -2.25. The molecule has 1 unspecified atom stereocenters. The summed E-state index contributed by atoms with van der Waals surface area (Å²) in [4.78, 5) is 15.8. The van der Waals surface area contributed by atoms with Gasteiger partial charge in [0.05, 0.1) is 0 Å². The molecule has 0 aliphatic rings. The van der Waals surface area contributed by atoms with Crippen molar-refractivity contribution in [3.63, 3.8) is 0 Å². The number of hydrogen-bond acceptors (Lipinski definition) is 4. The number of carbonyl (C=O) groups is 1. The molecule has 0 radical (unpaired) electrons. The van der Waals surface area contributed by atoms with Crippen molar-refractivity contribution in [3.8, 4) is 11.4 Å². The normalized spacial score (nSPS) is 13.0. The molecule has 1 aromatic carbocycles. The van der Waals surface area contributed by atoms with E-state index in [-0.39, 0.29) is 17.4 Å². The average Bonchev–Trinajstić information content (AvgIpc) is 2.96. The molecule has 0 spiro atoms. The van der Waals surface area contributed by atoms with Gasteiger partial charge >= 0.3 is 0 Å². The van der Waals surface area contributed by atoms with Gasteiger partial charge in [-0.15, -0.1) is 0 Å². The second-order valence-electron chi connectivity index (χ2n) is 6.43. The highest BCUT2D eigenvalue weighted by atomic mass is 16.5. The lowest BCUT2D eigenvalue weighted by atomic mass is 9.87. The molecule has 0 bridgehead atoms. The van der Waals surface area contributed by atoms with E-state index in [1.54, 1.807) is 6.92 Å². The summed E-state index contributed by atoms with van der Waals surface area (Å²) in [6, 6.07) is 7.85. The third kappa shape index (κ3) is 3.72. The summed E-state index contributed by atoms with van der Waals surface area (Å²) in [5.41, 5.74) is 2.26. The van der Waals surface area contributed by atoms with Gasteiger partial charge in [0, 0.05) is 12.0 Å². The summed E-state index contributed by atoms with van der Waals surface area (Å²) in [6.45, 7) is 10.2. The molecular weight excluding hydrogens is 278 g/mol. The number of hydrogen-bond donors (Lipinski definition) is 1. The molecule has 22 heavy (non-hydrogen) atoms. The summed E-state index contributed by atoms with van der Waals surface area (Å²) < 4.78 is 5.25. The Labute approximate surface area is 131 Å². The lowest BCUT2D eigenvalue weighted by molar-refractivity contribution is -0.121. The molecule has 2 aromatic rings. The number of rotatable bonds is 4. The van der Waals surface area contributed by atoms with Crippen molar-refractivity contribution in [2.45, 2.75) is 52.5 Å². The second kappa shape index (κ2) is 6.30. The van der Waals surface area contributed by atoms with Gasteiger partial charge in [-0.2, -0.15) is 4.98 Å². The van der Waals surface area contributed by atoms with E-state index >= 15 is 0 Å². The zero-order chi connectivity index (χ0) is 16.3. The molecule has 5 heteroatoms. The fourth-order valence-electron chi connectivity index (χ4n) is 2.05. The van der Waals surface area contributed by atoms with Crippen molar-refractivity contribution in [1.29, 1.82) is 0 Å². The van der Waals surface area contributed by atoms with Crippen LogP contribution in [0.4, 0.5) is 0 Å². The van der Waals surface area contributed by atoms with Crippen LogP contribution < -0.4 is 5.32 Å². The van der Waals surface area contributed by atoms with Crippen LogP contribution >= 0.6 is 0 Å². The van der Waals surface area contributed by atoms with E-state index in [0.717, 1.165) is 5.56 Å². The molecule has 5 nitrogen and oxygen atoms in total. The maximum absolute atomic E-state index is 11.4. The molecule has 0 fully saturated rings. The maximum Gasteiger partial charge on any atom is 0.249 e. The van der Waals surface area contributed by atoms with Crippen LogP contribution in [0.5, 0.6) is 0 Å². The number of nitrogens with one attached hydrogen (secondary N) is 1. The first-order valence-electron chi connectivity index (χ1n) is 7.55. The fraction of sp³-hybridized carbons (Fsp3) is 0.471. The predicted molar refractivity (Wildman–Crippen MR) is 85.3 cm³/mol. The van der Waals surface area contributed by atoms with Crippen molar-refractivity contribution < 1.29 is 9.32 Å². The molecule has 2 rings (SSSR count). The van der Waals surface area contributed by atoms with Crippen molar-refractivity contribution in [2.24, 2.45) is 0 Å². The van der Waals surface area contributed by atoms with Crippen molar-refractivity contribution in [2.75, 3.05) is 0 Å². The van der Waals surface area contributed by atoms with Gasteiger partial charge in [-0.1, -0.05) is 57.1 Å². The highest BCUT2D eigenvalue weighted by Gasteiger charge is 2.18. The third-order valence-electron chi connectivity index (χ3n) is 3.52. The molecule has 0 aliphatic carbocycles. The molecule has 1 N–H and O–H groups in total. The minimum Gasteiger partial charge on any atom is -0.345 e. The Morgan fingerprint density at radius 2 is 1.91 bits per heavy atom. The van der Waals surface area contributed by atoms with E-state index < -0.39 is 0 Å². The number of aromatic nitrogens is 2. The number of carbonyl (C=O) groups excluding carboxylic acids is 1. The van der Waals surface area contributed by atoms with Crippen LogP contribution in [0.1, 0.15) is 58.5 Å². The van der Waals surface area contributed by atoms with Crippen LogP contribution in [0.25, 0.3) is 11.4 Å². The monoisotopic (exact) mass is 301 g/mol. The van der Waals surface area contributed by atoms with Crippen molar-refractivity contribution in [1.82, 2.24) is 15.5 Å². The number of nitrogens with zero attached hydrogens (tertiary/aromatic N) is 2. The van der Waals surface area contributed by atoms with Gasteiger partial charge in [-0.3, -0.25) is 4.79 Å². The molecular formula is C17H23N3O2.